The number of halogens is 1. The molecule has 0 bridgehead atoms. The second kappa shape index (κ2) is 6.29. The van der Waals surface area contributed by atoms with Crippen LogP contribution in [0.5, 0.6) is 0 Å². The lowest BCUT2D eigenvalue weighted by Crippen LogP contribution is -2.29. The Morgan fingerprint density at radius 1 is 1.62 bits per heavy atom. The molecule has 5 heteroatoms. The van der Waals surface area contributed by atoms with Gasteiger partial charge in [0, 0.05) is 18.3 Å². The molecule has 0 aliphatic heterocycles. The first-order chi connectivity index (χ1) is 10.1. The first kappa shape index (κ1) is 14.9. The molecule has 0 saturated heterocycles. The van der Waals surface area contributed by atoms with Gasteiger partial charge in [0.05, 0.1) is 23.5 Å². The normalized spacial score (nSPS) is 9.95. The standard InChI is InChI=1S/C16H14ClN3O/c1-4-12-7-6-8-13(9-12)20(16(21)5-2)11-15-14(17)10-18-19(15)3/h1,5-10H,2,11H2,3H3. The zero-order valence-corrected chi connectivity index (χ0v) is 12.3. The highest BCUT2D eigenvalue weighted by atomic mass is 35.5. The van der Waals surface area contributed by atoms with Crippen LogP contribution in [0, 0.1) is 12.3 Å². The van der Waals surface area contributed by atoms with Crippen molar-refractivity contribution in [3.05, 3.63) is 59.4 Å². The third-order valence-electron chi connectivity index (χ3n) is 3.08. The Morgan fingerprint density at radius 2 is 2.38 bits per heavy atom. The molecule has 0 saturated carbocycles. The minimum atomic E-state index is -0.235. The largest absolute Gasteiger partial charge is 0.303 e. The van der Waals surface area contributed by atoms with Crippen LogP contribution in [-0.4, -0.2) is 15.7 Å². The lowest BCUT2D eigenvalue weighted by molar-refractivity contribution is -0.114. The molecule has 2 aromatic rings. The summed E-state index contributed by atoms with van der Waals surface area (Å²) in [5, 5.41) is 4.58. The fourth-order valence-electron chi connectivity index (χ4n) is 1.93. The number of amides is 1. The molecule has 4 nitrogen and oxygen atoms in total. The van der Waals surface area contributed by atoms with Gasteiger partial charge in [-0.2, -0.15) is 5.10 Å². The first-order valence-electron chi connectivity index (χ1n) is 6.23. The van der Waals surface area contributed by atoms with E-state index in [1.807, 2.05) is 6.07 Å². The summed E-state index contributed by atoms with van der Waals surface area (Å²) in [6, 6.07) is 7.19. The third kappa shape index (κ3) is 3.15. The number of nitrogens with zero attached hydrogens (tertiary/aromatic N) is 3. The highest BCUT2D eigenvalue weighted by molar-refractivity contribution is 6.31. The van der Waals surface area contributed by atoms with Crippen LogP contribution in [0.15, 0.2) is 43.1 Å². The molecule has 1 aromatic carbocycles. The van der Waals surface area contributed by atoms with Crippen molar-refractivity contribution in [2.45, 2.75) is 6.54 Å². The molecular weight excluding hydrogens is 286 g/mol. The average Bonchev–Trinajstić information content (AvgIpc) is 2.83. The molecule has 0 N–H and O–H groups in total. The molecule has 106 valence electrons. The summed E-state index contributed by atoms with van der Waals surface area (Å²) in [5.41, 5.74) is 2.12. The van der Waals surface area contributed by atoms with Gasteiger partial charge in [-0.25, -0.2) is 0 Å². The molecule has 0 radical (unpaired) electrons. The number of carbonyl (C=O) groups excluding carboxylic acids is 1. The van der Waals surface area contributed by atoms with Gasteiger partial charge in [-0.05, 0) is 24.3 Å². The molecule has 0 fully saturated rings. The number of terminal acetylenes is 1. The average molecular weight is 300 g/mol. The van der Waals surface area contributed by atoms with Gasteiger partial charge in [-0.3, -0.25) is 9.48 Å². The lowest BCUT2D eigenvalue weighted by Gasteiger charge is -2.22. The molecule has 21 heavy (non-hydrogen) atoms. The molecule has 0 unspecified atom stereocenters. The van der Waals surface area contributed by atoms with E-state index in [2.05, 4.69) is 17.6 Å². The van der Waals surface area contributed by atoms with Crippen molar-refractivity contribution in [1.29, 1.82) is 0 Å². The van der Waals surface area contributed by atoms with Gasteiger partial charge in [-0.1, -0.05) is 30.2 Å². The summed E-state index contributed by atoms with van der Waals surface area (Å²) in [5.74, 6) is 2.32. The molecule has 0 aliphatic carbocycles. The fraction of sp³-hybridized carbons (Fsp3) is 0.125. The Balaban J connectivity index is 2.42. The number of aromatic nitrogens is 2. The van der Waals surface area contributed by atoms with E-state index in [4.69, 9.17) is 18.0 Å². The van der Waals surface area contributed by atoms with Crippen LogP contribution < -0.4 is 4.90 Å². The summed E-state index contributed by atoms with van der Waals surface area (Å²) < 4.78 is 1.64. The van der Waals surface area contributed by atoms with E-state index in [9.17, 15) is 4.79 Å². The monoisotopic (exact) mass is 299 g/mol. The van der Waals surface area contributed by atoms with Crippen molar-refractivity contribution < 1.29 is 4.79 Å². The highest BCUT2D eigenvalue weighted by Gasteiger charge is 2.17. The van der Waals surface area contributed by atoms with Crippen LogP contribution in [0.4, 0.5) is 5.69 Å². The Hall–Kier alpha value is -2.51. The van der Waals surface area contributed by atoms with Gasteiger partial charge in [-0.15, -0.1) is 6.42 Å². The summed E-state index contributed by atoms with van der Waals surface area (Å²) in [4.78, 5) is 13.7. The third-order valence-corrected chi connectivity index (χ3v) is 3.40. The first-order valence-corrected chi connectivity index (χ1v) is 6.61. The second-order valence-corrected chi connectivity index (χ2v) is 4.79. The van der Waals surface area contributed by atoms with Crippen LogP contribution in [0.3, 0.4) is 0 Å². The van der Waals surface area contributed by atoms with Crippen molar-refractivity contribution in [3.63, 3.8) is 0 Å². The minimum Gasteiger partial charge on any atom is -0.303 e. The summed E-state index contributed by atoms with van der Waals surface area (Å²) >= 11 is 6.10. The summed E-state index contributed by atoms with van der Waals surface area (Å²) in [6.07, 6.45) is 8.21. The van der Waals surface area contributed by atoms with Gasteiger partial charge in [0.2, 0.25) is 0 Å². The number of anilines is 1. The van der Waals surface area contributed by atoms with Crippen molar-refractivity contribution in [2.24, 2.45) is 7.05 Å². The lowest BCUT2D eigenvalue weighted by atomic mass is 10.2. The summed E-state index contributed by atoms with van der Waals surface area (Å²) in [7, 11) is 1.77. The number of carbonyl (C=O) groups is 1. The van der Waals surface area contributed by atoms with Gasteiger partial charge < -0.3 is 4.90 Å². The van der Waals surface area contributed by atoms with E-state index in [1.165, 1.54) is 6.08 Å². The molecule has 1 aromatic heterocycles. The van der Waals surface area contributed by atoms with E-state index < -0.39 is 0 Å². The van der Waals surface area contributed by atoms with Gasteiger partial charge in [0.1, 0.15) is 0 Å². The Kier molecular flexibility index (Phi) is 4.46. The van der Waals surface area contributed by atoms with E-state index in [1.54, 1.807) is 41.0 Å². The van der Waals surface area contributed by atoms with Crippen molar-refractivity contribution in [2.75, 3.05) is 4.90 Å². The number of hydrogen-bond donors (Lipinski definition) is 0. The SMILES string of the molecule is C#Cc1cccc(N(Cc2c(Cl)cnn2C)C(=O)C=C)c1. The summed E-state index contributed by atoms with van der Waals surface area (Å²) in [6.45, 7) is 3.82. The number of benzene rings is 1. The smallest absolute Gasteiger partial charge is 0.250 e. The van der Waals surface area contributed by atoms with E-state index in [0.29, 0.717) is 16.3 Å². The highest BCUT2D eigenvalue weighted by Crippen LogP contribution is 2.22. The van der Waals surface area contributed by atoms with Crippen molar-refractivity contribution >= 4 is 23.2 Å². The maximum atomic E-state index is 12.1. The quantitative estimate of drug-likeness (QED) is 0.643. The van der Waals surface area contributed by atoms with Crippen molar-refractivity contribution in [3.8, 4) is 12.3 Å². The molecule has 0 spiro atoms. The van der Waals surface area contributed by atoms with Crippen LogP contribution in [0.1, 0.15) is 11.3 Å². The zero-order valence-electron chi connectivity index (χ0n) is 11.6. The Labute approximate surface area is 128 Å². The van der Waals surface area contributed by atoms with Gasteiger partial charge in [0.15, 0.2) is 0 Å². The van der Waals surface area contributed by atoms with Gasteiger partial charge in [0.25, 0.3) is 5.91 Å². The second-order valence-electron chi connectivity index (χ2n) is 4.39. The number of aryl methyl sites for hydroxylation is 1. The predicted molar refractivity (Wildman–Crippen MR) is 84.0 cm³/mol. The topological polar surface area (TPSA) is 38.1 Å². The predicted octanol–water partition coefficient (Wildman–Crippen LogP) is 2.77. The fourth-order valence-corrected chi connectivity index (χ4v) is 2.16. The molecule has 1 amide bonds. The van der Waals surface area contributed by atoms with Crippen LogP contribution >= 0.6 is 11.6 Å². The van der Waals surface area contributed by atoms with Crippen LogP contribution in [0.25, 0.3) is 0 Å². The molecule has 1 heterocycles. The molecule has 0 aliphatic rings. The molecule has 0 atom stereocenters. The maximum Gasteiger partial charge on any atom is 0.250 e. The zero-order chi connectivity index (χ0) is 15.4. The van der Waals surface area contributed by atoms with Crippen molar-refractivity contribution in [1.82, 2.24) is 9.78 Å². The number of hydrogen-bond acceptors (Lipinski definition) is 2. The van der Waals surface area contributed by atoms with E-state index >= 15 is 0 Å². The van der Waals surface area contributed by atoms with Crippen LogP contribution in [0.2, 0.25) is 5.02 Å². The maximum absolute atomic E-state index is 12.1. The van der Waals surface area contributed by atoms with E-state index in [0.717, 1.165) is 5.69 Å². The Morgan fingerprint density at radius 3 is 2.95 bits per heavy atom. The van der Waals surface area contributed by atoms with Crippen LogP contribution in [-0.2, 0) is 18.4 Å². The molecular formula is C16H14ClN3O. The number of rotatable bonds is 4. The Bertz CT molecular complexity index is 708. The minimum absolute atomic E-state index is 0.235. The van der Waals surface area contributed by atoms with Gasteiger partial charge >= 0.3 is 0 Å². The molecule has 2 rings (SSSR count). The van der Waals surface area contributed by atoms with E-state index in [-0.39, 0.29) is 12.5 Å².